The Balaban J connectivity index is 3.10. The maximum atomic E-state index is 6.27. The molecular weight excluding hydrogens is 232 g/mol. The van der Waals surface area contributed by atoms with Crippen LogP contribution in [0, 0.1) is 0 Å². The highest BCUT2D eigenvalue weighted by atomic mass is 35.5. The molecule has 0 radical (unpaired) electrons. The molecule has 17 heavy (non-hydrogen) atoms. The Morgan fingerprint density at radius 3 is 2.29 bits per heavy atom. The van der Waals surface area contributed by atoms with Gasteiger partial charge in [0.25, 0.3) is 0 Å². The Hall–Kier alpha value is -0.570. The third-order valence-electron chi connectivity index (χ3n) is 3.07. The molecule has 1 unspecified atom stereocenters. The molecule has 1 aromatic carbocycles. The monoisotopic (exact) mass is 254 g/mol. The fraction of sp³-hybridized carbons (Fsp3) is 0.571. The van der Waals surface area contributed by atoms with Crippen molar-refractivity contribution in [2.45, 2.75) is 39.3 Å². The van der Waals surface area contributed by atoms with Crippen LogP contribution in [0.15, 0.2) is 24.3 Å². The van der Waals surface area contributed by atoms with Crippen LogP contribution in [-0.2, 0) is 0 Å². The number of hydrogen-bond donors (Lipinski definition) is 1. The SMILES string of the molecule is CCN(C(CN)c1ccccc1Cl)C(C)(C)C. The van der Waals surface area contributed by atoms with Crippen molar-refractivity contribution in [1.82, 2.24) is 4.90 Å². The highest BCUT2D eigenvalue weighted by Gasteiger charge is 2.28. The number of halogens is 1. The molecule has 0 amide bonds. The molecule has 0 saturated heterocycles. The summed E-state index contributed by atoms with van der Waals surface area (Å²) in [4.78, 5) is 2.38. The first-order chi connectivity index (χ1) is 7.91. The lowest BCUT2D eigenvalue weighted by atomic mass is 9.98. The third-order valence-corrected chi connectivity index (χ3v) is 3.41. The van der Waals surface area contributed by atoms with Crippen molar-refractivity contribution in [2.24, 2.45) is 5.73 Å². The van der Waals surface area contributed by atoms with E-state index < -0.39 is 0 Å². The molecule has 0 aliphatic rings. The topological polar surface area (TPSA) is 29.3 Å². The van der Waals surface area contributed by atoms with E-state index in [2.05, 4.69) is 38.7 Å². The zero-order valence-corrected chi connectivity index (χ0v) is 12.0. The van der Waals surface area contributed by atoms with Crippen LogP contribution in [0.5, 0.6) is 0 Å². The van der Waals surface area contributed by atoms with Crippen molar-refractivity contribution in [3.8, 4) is 0 Å². The molecule has 0 spiro atoms. The van der Waals surface area contributed by atoms with Crippen LogP contribution in [0.4, 0.5) is 0 Å². The summed E-state index contributed by atoms with van der Waals surface area (Å²) in [5.41, 5.74) is 7.15. The number of likely N-dealkylation sites (N-methyl/N-ethyl adjacent to an activating group) is 1. The number of nitrogens with zero attached hydrogens (tertiary/aromatic N) is 1. The lowest BCUT2D eigenvalue weighted by Crippen LogP contribution is -2.46. The highest BCUT2D eigenvalue weighted by molar-refractivity contribution is 6.31. The van der Waals surface area contributed by atoms with Gasteiger partial charge in [-0.1, -0.05) is 36.7 Å². The van der Waals surface area contributed by atoms with Gasteiger partial charge < -0.3 is 5.73 Å². The molecule has 1 atom stereocenters. The van der Waals surface area contributed by atoms with E-state index in [1.54, 1.807) is 0 Å². The maximum Gasteiger partial charge on any atom is 0.0490 e. The van der Waals surface area contributed by atoms with Gasteiger partial charge in [-0.05, 0) is 38.9 Å². The van der Waals surface area contributed by atoms with E-state index in [0.29, 0.717) is 6.54 Å². The standard InChI is InChI=1S/C14H23ClN2/c1-5-17(14(2,3)4)13(10-16)11-8-6-7-9-12(11)15/h6-9,13H,5,10,16H2,1-4H3. The van der Waals surface area contributed by atoms with E-state index in [4.69, 9.17) is 17.3 Å². The predicted octanol–water partition coefficient (Wildman–Crippen LogP) is 3.46. The van der Waals surface area contributed by atoms with Crippen LogP contribution >= 0.6 is 11.6 Å². The molecule has 0 aromatic heterocycles. The van der Waals surface area contributed by atoms with Crippen molar-refractivity contribution in [2.75, 3.05) is 13.1 Å². The summed E-state index contributed by atoms with van der Waals surface area (Å²) in [6.07, 6.45) is 0. The Kier molecular flexibility index (Phi) is 4.99. The normalized spacial score (nSPS) is 14.1. The minimum absolute atomic E-state index is 0.0813. The minimum atomic E-state index is 0.0813. The molecule has 1 rings (SSSR count). The Morgan fingerprint density at radius 1 is 1.29 bits per heavy atom. The summed E-state index contributed by atoms with van der Waals surface area (Å²) in [6.45, 7) is 10.3. The Labute approximate surface area is 110 Å². The van der Waals surface area contributed by atoms with Crippen LogP contribution in [0.1, 0.15) is 39.3 Å². The zero-order chi connectivity index (χ0) is 13.1. The average molecular weight is 255 g/mol. The van der Waals surface area contributed by atoms with Crippen molar-refractivity contribution < 1.29 is 0 Å². The summed E-state index contributed by atoms with van der Waals surface area (Å²) in [5.74, 6) is 0. The molecular formula is C14H23ClN2. The molecule has 0 aliphatic heterocycles. The molecule has 2 nitrogen and oxygen atoms in total. The lowest BCUT2D eigenvalue weighted by Gasteiger charge is -2.41. The molecule has 0 fully saturated rings. The van der Waals surface area contributed by atoms with Gasteiger partial charge in [0, 0.05) is 23.1 Å². The molecule has 2 N–H and O–H groups in total. The van der Waals surface area contributed by atoms with Gasteiger partial charge in [0.05, 0.1) is 0 Å². The first kappa shape index (κ1) is 14.5. The quantitative estimate of drug-likeness (QED) is 0.892. The highest BCUT2D eigenvalue weighted by Crippen LogP contribution is 2.31. The van der Waals surface area contributed by atoms with Gasteiger partial charge in [0.15, 0.2) is 0 Å². The fourth-order valence-electron chi connectivity index (χ4n) is 2.33. The Bertz CT molecular complexity index is 357. The minimum Gasteiger partial charge on any atom is -0.329 e. The van der Waals surface area contributed by atoms with E-state index in [1.807, 2.05) is 18.2 Å². The van der Waals surface area contributed by atoms with Crippen molar-refractivity contribution in [3.05, 3.63) is 34.9 Å². The maximum absolute atomic E-state index is 6.27. The molecule has 0 aliphatic carbocycles. The second kappa shape index (κ2) is 5.85. The number of hydrogen-bond acceptors (Lipinski definition) is 2. The van der Waals surface area contributed by atoms with Crippen LogP contribution in [0.3, 0.4) is 0 Å². The van der Waals surface area contributed by atoms with Crippen molar-refractivity contribution >= 4 is 11.6 Å². The fourth-order valence-corrected chi connectivity index (χ4v) is 2.59. The zero-order valence-electron chi connectivity index (χ0n) is 11.2. The lowest BCUT2D eigenvalue weighted by molar-refractivity contribution is 0.0920. The third kappa shape index (κ3) is 3.44. The Morgan fingerprint density at radius 2 is 1.88 bits per heavy atom. The predicted molar refractivity (Wildman–Crippen MR) is 75.4 cm³/mol. The molecule has 3 heteroatoms. The van der Waals surface area contributed by atoms with Gasteiger partial charge in [-0.3, -0.25) is 4.90 Å². The van der Waals surface area contributed by atoms with E-state index >= 15 is 0 Å². The average Bonchev–Trinajstić information content (AvgIpc) is 2.25. The van der Waals surface area contributed by atoms with Crippen LogP contribution in [0.25, 0.3) is 0 Å². The van der Waals surface area contributed by atoms with Gasteiger partial charge in [-0.25, -0.2) is 0 Å². The van der Waals surface area contributed by atoms with E-state index in [9.17, 15) is 0 Å². The second-order valence-electron chi connectivity index (χ2n) is 5.23. The largest absolute Gasteiger partial charge is 0.329 e. The number of rotatable bonds is 4. The summed E-state index contributed by atoms with van der Waals surface area (Å²) in [7, 11) is 0. The van der Waals surface area contributed by atoms with Crippen LogP contribution in [-0.4, -0.2) is 23.5 Å². The first-order valence-corrected chi connectivity index (χ1v) is 6.50. The van der Waals surface area contributed by atoms with Crippen molar-refractivity contribution in [3.63, 3.8) is 0 Å². The van der Waals surface area contributed by atoms with Gasteiger partial charge in [-0.15, -0.1) is 0 Å². The summed E-state index contributed by atoms with van der Waals surface area (Å²) < 4.78 is 0. The summed E-state index contributed by atoms with van der Waals surface area (Å²) in [5, 5.41) is 0.797. The molecule has 0 bridgehead atoms. The van der Waals surface area contributed by atoms with Gasteiger partial charge in [0.2, 0.25) is 0 Å². The molecule has 1 aromatic rings. The molecule has 0 saturated carbocycles. The molecule has 0 heterocycles. The van der Waals surface area contributed by atoms with Gasteiger partial charge in [0.1, 0.15) is 0 Å². The van der Waals surface area contributed by atoms with E-state index in [0.717, 1.165) is 17.1 Å². The number of nitrogens with two attached hydrogens (primary N) is 1. The second-order valence-corrected chi connectivity index (χ2v) is 5.64. The van der Waals surface area contributed by atoms with Gasteiger partial charge >= 0.3 is 0 Å². The molecule has 96 valence electrons. The van der Waals surface area contributed by atoms with Crippen molar-refractivity contribution in [1.29, 1.82) is 0 Å². The smallest absolute Gasteiger partial charge is 0.0490 e. The first-order valence-electron chi connectivity index (χ1n) is 6.13. The van der Waals surface area contributed by atoms with Gasteiger partial charge in [-0.2, -0.15) is 0 Å². The summed E-state index contributed by atoms with van der Waals surface area (Å²) in [6, 6.07) is 8.13. The van der Waals surface area contributed by atoms with E-state index in [1.165, 1.54) is 0 Å². The summed E-state index contributed by atoms with van der Waals surface area (Å²) >= 11 is 6.27. The number of benzene rings is 1. The van der Waals surface area contributed by atoms with Crippen LogP contribution in [0.2, 0.25) is 5.02 Å². The van der Waals surface area contributed by atoms with E-state index in [-0.39, 0.29) is 11.6 Å². The van der Waals surface area contributed by atoms with Crippen LogP contribution < -0.4 is 5.73 Å².